The Morgan fingerprint density at radius 3 is 2.40 bits per heavy atom. The molecule has 0 radical (unpaired) electrons. The maximum absolute atomic E-state index is 13.9. The van der Waals surface area contributed by atoms with E-state index in [4.69, 9.17) is 17.3 Å². The van der Waals surface area contributed by atoms with Crippen LogP contribution in [0.15, 0.2) is 30.5 Å². The molecule has 3 amide bonds. The van der Waals surface area contributed by atoms with Crippen molar-refractivity contribution in [3.63, 3.8) is 0 Å². The number of hydrogen-bond acceptors (Lipinski definition) is 2. The third-order valence-electron chi connectivity index (χ3n) is 4.47. The van der Waals surface area contributed by atoms with Gasteiger partial charge in [0.2, 0.25) is 5.91 Å². The van der Waals surface area contributed by atoms with Crippen molar-refractivity contribution in [2.45, 2.75) is 16.9 Å². The first-order chi connectivity index (χ1) is 14.1. The molecule has 158 valence electrons. The van der Waals surface area contributed by atoms with E-state index in [0.29, 0.717) is 27.4 Å². The van der Waals surface area contributed by atoms with E-state index >= 15 is 0 Å². The Bertz CT molecular complexity index is 1150. The first-order valence-corrected chi connectivity index (χ1v) is 10.0. The summed E-state index contributed by atoms with van der Waals surface area (Å²) in [4.78, 5) is 27.9. The van der Waals surface area contributed by atoms with Crippen LogP contribution in [-0.2, 0) is 17.8 Å². The lowest BCUT2D eigenvalue weighted by molar-refractivity contribution is -0.127. The summed E-state index contributed by atoms with van der Waals surface area (Å²) in [6, 6.07) is 3.13. The molecule has 0 fully saturated rings. The van der Waals surface area contributed by atoms with Crippen LogP contribution in [0.3, 0.4) is 0 Å². The molecule has 0 saturated carbocycles. The second kappa shape index (κ2) is 8.80. The van der Waals surface area contributed by atoms with Gasteiger partial charge in [-0.25, -0.2) is 22.4 Å². The van der Waals surface area contributed by atoms with Gasteiger partial charge in [-0.1, -0.05) is 40.3 Å². The molecule has 5 nitrogen and oxygen atoms in total. The predicted octanol–water partition coefficient (Wildman–Crippen LogP) is 4.83. The lowest BCUT2D eigenvalue weighted by atomic mass is 10.1. The van der Waals surface area contributed by atoms with Gasteiger partial charge in [-0.3, -0.25) is 9.69 Å². The van der Waals surface area contributed by atoms with Crippen molar-refractivity contribution in [2.24, 2.45) is 5.73 Å². The average Bonchev–Trinajstić information content (AvgIpc) is 3.11. The Labute approximate surface area is 186 Å². The highest BCUT2D eigenvalue weighted by Crippen LogP contribution is 2.29. The fourth-order valence-electron chi connectivity index (χ4n) is 2.94. The van der Waals surface area contributed by atoms with Gasteiger partial charge in [-0.15, -0.1) is 0 Å². The number of urea groups is 1. The van der Waals surface area contributed by atoms with E-state index in [1.165, 1.54) is 12.1 Å². The van der Waals surface area contributed by atoms with Crippen molar-refractivity contribution >= 4 is 57.0 Å². The molecule has 1 aromatic heterocycles. The molecule has 0 bridgehead atoms. The number of nitrogens with two attached hydrogens (primary N) is 1. The number of halogens is 6. The van der Waals surface area contributed by atoms with Crippen LogP contribution in [-0.4, -0.2) is 25.7 Å². The number of alkyl halides is 1. The van der Waals surface area contributed by atoms with E-state index in [2.05, 4.69) is 4.98 Å². The molecule has 3 rings (SSSR count). The number of rotatable bonds is 5. The second-order valence-corrected chi connectivity index (χ2v) is 8.25. The SMILES string of the molecule is NC(=O)N(Cc1ccc(F)c(F)c1F)C(=O)[C@@H](I)Cc1c[nH]c2c(Cl)c(F)ccc12. The molecule has 11 heteroatoms. The number of amides is 3. The standard InChI is InChI=1S/C19H13ClF4IN3O2/c20-14-11(21)4-2-10-9(6-27-17(10)14)5-13(25)18(29)28(19(26)30)7-8-1-3-12(22)16(24)15(8)23/h1-4,6,13,27H,5,7H2,(H2,26,30)/t13-/m0/s1. The number of aromatic nitrogens is 1. The summed E-state index contributed by atoms with van der Waals surface area (Å²) in [5.74, 6) is -5.97. The molecule has 0 saturated heterocycles. The van der Waals surface area contributed by atoms with Crippen LogP contribution in [0.2, 0.25) is 5.02 Å². The maximum Gasteiger partial charge on any atom is 0.321 e. The van der Waals surface area contributed by atoms with Crippen LogP contribution in [0.4, 0.5) is 22.4 Å². The zero-order chi connectivity index (χ0) is 22.2. The van der Waals surface area contributed by atoms with Gasteiger partial charge in [-0.2, -0.15) is 0 Å². The van der Waals surface area contributed by atoms with E-state index in [1.54, 1.807) is 28.8 Å². The van der Waals surface area contributed by atoms with Gasteiger partial charge < -0.3 is 10.7 Å². The first kappa shape index (κ1) is 22.3. The van der Waals surface area contributed by atoms with Crippen LogP contribution in [0.25, 0.3) is 10.9 Å². The number of nitrogens with one attached hydrogen (secondary N) is 1. The number of aromatic amines is 1. The highest BCUT2D eigenvalue weighted by Gasteiger charge is 2.28. The van der Waals surface area contributed by atoms with Gasteiger partial charge in [0.05, 0.1) is 16.0 Å². The van der Waals surface area contributed by atoms with E-state index < -0.39 is 51.2 Å². The number of H-pyrrole nitrogens is 1. The lowest BCUT2D eigenvalue weighted by Crippen LogP contribution is -2.44. The number of imide groups is 1. The molecule has 0 aliphatic rings. The molecule has 2 aromatic carbocycles. The zero-order valence-corrected chi connectivity index (χ0v) is 17.9. The van der Waals surface area contributed by atoms with Crippen molar-refractivity contribution in [3.05, 3.63) is 69.9 Å². The quantitative estimate of drug-likeness (QED) is 0.205. The summed E-state index contributed by atoms with van der Waals surface area (Å²) < 4.78 is 53.3. The minimum Gasteiger partial charge on any atom is -0.360 e. The maximum atomic E-state index is 13.9. The Balaban J connectivity index is 1.83. The minimum absolute atomic E-state index is 0.0948. The average molecular weight is 554 g/mol. The largest absolute Gasteiger partial charge is 0.360 e. The smallest absolute Gasteiger partial charge is 0.321 e. The third kappa shape index (κ3) is 4.24. The Hall–Kier alpha value is -2.34. The predicted molar refractivity (Wildman–Crippen MR) is 111 cm³/mol. The van der Waals surface area contributed by atoms with Gasteiger partial charge >= 0.3 is 6.03 Å². The lowest BCUT2D eigenvalue weighted by Gasteiger charge is -2.22. The highest BCUT2D eigenvalue weighted by molar-refractivity contribution is 14.1. The summed E-state index contributed by atoms with van der Waals surface area (Å²) >= 11 is 7.70. The molecule has 3 aromatic rings. The molecule has 0 aliphatic carbocycles. The van der Waals surface area contributed by atoms with E-state index in [9.17, 15) is 27.2 Å². The van der Waals surface area contributed by atoms with Crippen molar-refractivity contribution in [1.82, 2.24) is 9.88 Å². The van der Waals surface area contributed by atoms with Crippen molar-refractivity contribution in [1.29, 1.82) is 0 Å². The van der Waals surface area contributed by atoms with Crippen molar-refractivity contribution in [2.75, 3.05) is 0 Å². The monoisotopic (exact) mass is 553 g/mol. The van der Waals surface area contributed by atoms with Gasteiger partial charge in [0, 0.05) is 17.1 Å². The Morgan fingerprint density at radius 2 is 1.73 bits per heavy atom. The number of carbonyl (C=O) groups excluding carboxylic acids is 2. The summed E-state index contributed by atoms with van der Waals surface area (Å²) in [5.41, 5.74) is 5.83. The number of fused-ring (bicyclic) bond motifs is 1. The van der Waals surface area contributed by atoms with Crippen LogP contribution in [0.5, 0.6) is 0 Å². The highest BCUT2D eigenvalue weighted by atomic mass is 127. The molecule has 3 N–H and O–H groups in total. The third-order valence-corrected chi connectivity index (χ3v) is 5.82. The molecule has 1 atom stereocenters. The summed E-state index contributed by atoms with van der Waals surface area (Å²) in [6.07, 6.45) is 1.67. The van der Waals surface area contributed by atoms with Crippen LogP contribution in [0.1, 0.15) is 11.1 Å². The van der Waals surface area contributed by atoms with E-state index in [1.807, 2.05) is 0 Å². The fraction of sp³-hybridized carbons (Fsp3) is 0.158. The minimum atomic E-state index is -1.71. The number of hydrogen-bond donors (Lipinski definition) is 2. The molecule has 30 heavy (non-hydrogen) atoms. The molecular formula is C19H13ClF4IN3O2. The number of nitrogens with zero attached hydrogens (tertiary/aromatic N) is 1. The molecule has 1 heterocycles. The molecular weight excluding hydrogens is 541 g/mol. The van der Waals surface area contributed by atoms with Gasteiger partial charge in [-0.05, 0) is 30.2 Å². The van der Waals surface area contributed by atoms with Crippen LogP contribution >= 0.6 is 34.2 Å². The van der Waals surface area contributed by atoms with E-state index in [-0.39, 0.29) is 11.4 Å². The number of primary amides is 1. The molecule has 0 unspecified atom stereocenters. The van der Waals surface area contributed by atoms with Crippen LogP contribution in [0, 0.1) is 23.3 Å². The molecule has 0 aliphatic heterocycles. The van der Waals surface area contributed by atoms with E-state index in [0.717, 1.165) is 6.07 Å². The van der Waals surface area contributed by atoms with Gasteiger partial charge in [0.25, 0.3) is 0 Å². The van der Waals surface area contributed by atoms with Crippen molar-refractivity contribution < 1.29 is 27.2 Å². The molecule has 0 spiro atoms. The topological polar surface area (TPSA) is 79.2 Å². The Kier molecular flexibility index (Phi) is 6.56. The second-order valence-electron chi connectivity index (χ2n) is 6.37. The summed E-state index contributed by atoms with van der Waals surface area (Å²) in [7, 11) is 0. The number of benzene rings is 2. The first-order valence-electron chi connectivity index (χ1n) is 8.43. The van der Waals surface area contributed by atoms with Crippen LogP contribution < -0.4 is 5.73 Å². The normalized spacial score (nSPS) is 12.2. The zero-order valence-electron chi connectivity index (χ0n) is 15.0. The van der Waals surface area contributed by atoms with Gasteiger partial charge in [0.1, 0.15) is 10.8 Å². The number of carbonyl (C=O) groups is 2. The van der Waals surface area contributed by atoms with Gasteiger partial charge in [0.15, 0.2) is 17.5 Å². The fourth-order valence-corrected chi connectivity index (χ4v) is 3.97. The van der Waals surface area contributed by atoms with Crippen molar-refractivity contribution in [3.8, 4) is 0 Å². The Morgan fingerprint density at radius 1 is 1.07 bits per heavy atom. The summed E-state index contributed by atoms with van der Waals surface area (Å²) in [6.45, 7) is -0.665. The summed E-state index contributed by atoms with van der Waals surface area (Å²) in [5, 5.41) is 0.496.